The van der Waals surface area contributed by atoms with E-state index < -0.39 is 10.7 Å². The van der Waals surface area contributed by atoms with E-state index in [9.17, 15) is 9.59 Å². The molecule has 3 rings (SSSR count). The number of carbonyl (C=O) groups excluding carboxylic acids is 2. The zero-order chi connectivity index (χ0) is 15.7. The van der Waals surface area contributed by atoms with Gasteiger partial charge in [0.2, 0.25) is 5.91 Å². The van der Waals surface area contributed by atoms with Crippen molar-refractivity contribution in [2.45, 2.75) is 16.6 Å². The van der Waals surface area contributed by atoms with Crippen molar-refractivity contribution in [3.63, 3.8) is 0 Å². The number of pyridine rings is 1. The van der Waals surface area contributed by atoms with Gasteiger partial charge in [-0.2, -0.15) is 0 Å². The predicted molar refractivity (Wildman–Crippen MR) is 87.2 cm³/mol. The Labute approximate surface area is 136 Å². The Morgan fingerprint density at radius 2 is 2.09 bits per heavy atom. The van der Waals surface area contributed by atoms with Crippen molar-refractivity contribution >= 4 is 46.7 Å². The molecule has 2 amide bonds. The lowest BCUT2D eigenvalue weighted by atomic mass is 10.1. The van der Waals surface area contributed by atoms with Gasteiger partial charge in [0.15, 0.2) is 4.75 Å². The second-order valence-electron chi connectivity index (χ2n) is 4.90. The number of hydrogen-bond acceptors (Lipinski definition) is 4. The van der Waals surface area contributed by atoms with Crippen LogP contribution in [-0.4, -0.2) is 21.5 Å². The van der Waals surface area contributed by atoms with Gasteiger partial charge in [-0.3, -0.25) is 9.59 Å². The molecule has 5 nitrogen and oxygen atoms in total. The quantitative estimate of drug-likeness (QED) is 0.828. The van der Waals surface area contributed by atoms with Gasteiger partial charge < -0.3 is 10.6 Å². The van der Waals surface area contributed by atoms with Crippen molar-refractivity contribution in [1.82, 2.24) is 4.98 Å². The Balaban J connectivity index is 1.85. The highest BCUT2D eigenvalue weighted by molar-refractivity contribution is 8.02. The molecule has 7 heteroatoms. The summed E-state index contributed by atoms with van der Waals surface area (Å²) < 4.78 is -1.27. The Morgan fingerprint density at radius 3 is 2.82 bits per heavy atom. The number of anilines is 2. The van der Waals surface area contributed by atoms with Crippen LogP contribution in [-0.2, 0) is 9.59 Å². The molecule has 1 unspecified atom stereocenters. The number of carbonyl (C=O) groups is 2. The number of para-hydroxylation sites is 1. The van der Waals surface area contributed by atoms with Gasteiger partial charge in [0, 0.05) is 11.1 Å². The van der Waals surface area contributed by atoms with E-state index >= 15 is 0 Å². The van der Waals surface area contributed by atoms with Gasteiger partial charge >= 0.3 is 0 Å². The first-order valence-electron chi connectivity index (χ1n) is 6.51. The van der Waals surface area contributed by atoms with Gasteiger partial charge in [-0.15, -0.1) is 0 Å². The lowest BCUT2D eigenvalue weighted by molar-refractivity contribution is -0.126. The molecule has 2 aromatic rings. The number of amides is 2. The molecule has 0 spiro atoms. The molecule has 0 saturated carbocycles. The van der Waals surface area contributed by atoms with Crippen molar-refractivity contribution in [2.75, 3.05) is 10.6 Å². The first kappa shape index (κ1) is 14.9. The zero-order valence-corrected chi connectivity index (χ0v) is 13.2. The van der Waals surface area contributed by atoms with Gasteiger partial charge in [0.1, 0.15) is 5.82 Å². The monoisotopic (exact) mass is 333 g/mol. The molecule has 2 heterocycles. The number of nitrogens with one attached hydrogen (secondary N) is 2. The largest absolute Gasteiger partial charge is 0.323 e. The van der Waals surface area contributed by atoms with E-state index in [4.69, 9.17) is 11.6 Å². The van der Waals surface area contributed by atoms with Crippen molar-refractivity contribution in [3.8, 4) is 0 Å². The van der Waals surface area contributed by atoms with Gasteiger partial charge in [-0.1, -0.05) is 35.5 Å². The summed E-state index contributed by atoms with van der Waals surface area (Å²) in [5, 5.41) is 5.89. The summed E-state index contributed by atoms with van der Waals surface area (Å²) in [6, 6.07) is 10.6. The van der Waals surface area contributed by atoms with E-state index in [0.29, 0.717) is 16.5 Å². The molecular weight excluding hydrogens is 322 g/mol. The predicted octanol–water partition coefficient (Wildman–Crippen LogP) is 3.18. The van der Waals surface area contributed by atoms with Crippen LogP contribution >= 0.6 is 23.4 Å². The topological polar surface area (TPSA) is 71.1 Å². The summed E-state index contributed by atoms with van der Waals surface area (Å²) >= 11 is 6.98. The van der Waals surface area contributed by atoms with Crippen LogP contribution in [0.25, 0.3) is 0 Å². The SMILES string of the molecule is CC1(C(=O)Nc2ccc(Cl)cn2)Sc2ccccc2NC1=O. The molecule has 0 saturated heterocycles. The molecule has 0 bridgehead atoms. The summed E-state index contributed by atoms with van der Waals surface area (Å²) in [6.07, 6.45) is 1.43. The van der Waals surface area contributed by atoms with Gasteiger partial charge in [-0.25, -0.2) is 4.98 Å². The van der Waals surface area contributed by atoms with Crippen LogP contribution in [0.2, 0.25) is 5.02 Å². The number of rotatable bonds is 2. The molecule has 1 atom stereocenters. The Morgan fingerprint density at radius 1 is 1.32 bits per heavy atom. The smallest absolute Gasteiger partial charge is 0.251 e. The number of halogens is 1. The fourth-order valence-electron chi connectivity index (χ4n) is 2.00. The Hall–Kier alpha value is -2.05. The molecule has 0 fully saturated rings. The van der Waals surface area contributed by atoms with E-state index in [-0.39, 0.29) is 5.91 Å². The fourth-order valence-corrected chi connectivity index (χ4v) is 3.22. The van der Waals surface area contributed by atoms with Crippen molar-refractivity contribution in [1.29, 1.82) is 0 Å². The minimum Gasteiger partial charge on any atom is -0.323 e. The number of benzene rings is 1. The molecule has 22 heavy (non-hydrogen) atoms. The van der Waals surface area contributed by atoms with Crippen LogP contribution in [0.1, 0.15) is 6.92 Å². The third-order valence-corrected chi connectivity index (χ3v) is 4.86. The minimum atomic E-state index is -1.27. The van der Waals surface area contributed by atoms with Crippen LogP contribution in [0, 0.1) is 0 Å². The van der Waals surface area contributed by atoms with Crippen LogP contribution < -0.4 is 10.6 Å². The fraction of sp³-hybridized carbons (Fsp3) is 0.133. The molecule has 0 aliphatic carbocycles. The van der Waals surface area contributed by atoms with Crippen LogP contribution in [0.3, 0.4) is 0 Å². The lowest BCUT2D eigenvalue weighted by Gasteiger charge is -2.31. The summed E-state index contributed by atoms with van der Waals surface area (Å²) in [5.41, 5.74) is 0.715. The highest BCUT2D eigenvalue weighted by Crippen LogP contribution is 2.42. The first-order valence-corrected chi connectivity index (χ1v) is 7.71. The Kier molecular flexibility index (Phi) is 3.80. The zero-order valence-electron chi connectivity index (χ0n) is 11.6. The molecule has 2 N–H and O–H groups in total. The van der Waals surface area contributed by atoms with Crippen LogP contribution in [0.4, 0.5) is 11.5 Å². The second-order valence-corrected chi connectivity index (χ2v) is 6.80. The molecule has 0 radical (unpaired) electrons. The van der Waals surface area contributed by atoms with Crippen molar-refractivity contribution in [3.05, 3.63) is 47.6 Å². The molecular formula is C15H12ClN3O2S. The second kappa shape index (κ2) is 5.62. The van der Waals surface area contributed by atoms with Crippen molar-refractivity contribution in [2.24, 2.45) is 0 Å². The average Bonchev–Trinajstić information content (AvgIpc) is 2.50. The summed E-state index contributed by atoms with van der Waals surface area (Å²) in [6.45, 7) is 1.59. The van der Waals surface area contributed by atoms with E-state index in [1.807, 2.05) is 18.2 Å². The maximum Gasteiger partial charge on any atom is 0.251 e. The molecule has 112 valence electrons. The molecule has 1 aromatic heterocycles. The van der Waals surface area contributed by atoms with Crippen LogP contribution in [0.5, 0.6) is 0 Å². The van der Waals surface area contributed by atoms with Gasteiger partial charge in [0.25, 0.3) is 5.91 Å². The van der Waals surface area contributed by atoms with E-state index in [0.717, 1.165) is 4.90 Å². The number of thioether (sulfide) groups is 1. The van der Waals surface area contributed by atoms with Crippen LogP contribution in [0.15, 0.2) is 47.5 Å². The molecule has 1 aromatic carbocycles. The average molecular weight is 334 g/mol. The molecule has 1 aliphatic rings. The lowest BCUT2D eigenvalue weighted by Crippen LogP contribution is -2.49. The third kappa shape index (κ3) is 2.67. The van der Waals surface area contributed by atoms with Gasteiger partial charge in [-0.05, 0) is 31.2 Å². The summed E-state index contributed by atoms with van der Waals surface area (Å²) in [4.78, 5) is 29.7. The van der Waals surface area contributed by atoms with Gasteiger partial charge in [0.05, 0.1) is 10.7 Å². The number of aromatic nitrogens is 1. The van der Waals surface area contributed by atoms with E-state index in [1.54, 1.807) is 25.1 Å². The Bertz CT molecular complexity index is 751. The highest BCUT2D eigenvalue weighted by atomic mass is 35.5. The minimum absolute atomic E-state index is 0.350. The number of nitrogens with zero attached hydrogens (tertiary/aromatic N) is 1. The third-order valence-electron chi connectivity index (χ3n) is 3.28. The van der Waals surface area contributed by atoms with E-state index in [1.165, 1.54) is 18.0 Å². The van der Waals surface area contributed by atoms with Crippen molar-refractivity contribution < 1.29 is 9.59 Å². The summed E-state index contributed by atoms with van der Waals surface area (Å²) in [7, 11) is 0. The highest BCUT2D eigenvalue weighted by Gasteiger charge is 2.45. The maximum atomic E-state index is 12.5. The first-order chi connectivity index (χ1) is 10.5. The van der Waals surface area contributed by atoms with E-state index in [2.05, 4.69) is 15.6 Å². The maximum absolute atomic E-state index is 12.5. The molecule has 1 aliphatic heterocycles. The normalized spacial score (nSPS) is 20.0. The standard InChI is InChI=1S/C15H12ClN3O2S/c1-15(14(21)19-12-7-6-9(16)8-17-12)13(20)18-10-4-2-3-5-11(10)22-15/h2-8H,1H3,(H,18,20)(H,17,19,21). The number of hydrogen-bond donors (Lipinski definition) is 2. The summed E-state index contributed by atoms with van der Waals surface area (Å²) in [5.74, 6) is -0.440. The number of fused-ring (bicyclic) bond motifs is 1.